The molecule has 2 N–H and O–H groups in total. The Kier molecular flexibility index (Phi) is 4.86. The second kappa shape index (κ2) is 7.85. The van der Waals surface area contributed by atoms with Crippen LogP contribution in [-0.4, -0.2) is 29.4 Å². The molecule has 7 heteroatoms. The summed E-state index contributed by atoms with van der Waals surface area (Å²) in [4.78, 5) is 40.1. The number of hydrogen-bond donors (Lipinski definition) is 2. The van der Waals surface area contributed by atoms with Crippen molar-refractivity contribution in [2.24, 2.45) is 0 Å². The summed E-state index contributed by atoms with van der Waals surface area (Å²) in [6.45, 7) is 0.411. The molecule has 3 aromatic carbocycles. The van der Waals surface area contributed by atoms with Crippen LogP contribution in [0.4, 0.5) is 10.5 Å². The van der Waals surface area contributed by atoms with Gasteiger partial charge in [-0.25, -0.2) is 4.79 Å². The fourth-order valence-electron chi connectivity index (χ4n) is 4.23. The number of carbonyl (C=O) groups is 3. The normalized spacial score (nSPS) is 19.3. The Morgan fingerprint density at radius 3 is 2.62 bits per heavy atom. The summed E-state index contributed by atoms with van der Waals surface area (Å²) in [5, 5.41) is 5.74. The minimum absolute atomic E-state index is 0.0713. The lowest BCUT2D eigenvalue weighted by Crippen LogP contribution is -2.47. The minimum Gasteiger partial charge on any atom is -0.493 e. The van der Waals surface area contributed by atoms with E-state index in [0.717, 1.165) is 0 Å². The number of anilines is 1. The van der Waals surface area contributed by atoms with Crippen molar-refractivity contribution in [3.8, 4) is 5.75 Å². The van der Waals surface area contributed by atoms with Crippen molar-refractivity contribution in [1.82, 2.24) is 10.2 Å². The van der Waals surface area contributed by atoms with Crippen molar-refractivity contribution in [1.29, 1.82) is 0 Å². The summed E-state index contributed by atoms with van der Waals surface area (Å²) >= 11 is 0. The lowest BCUT2D eigenvalue weighted by molar-refractivity contribution is -0.133. The van der Waals surface area contributed by atoms with Gasteiger partial charge >= 0.3 is 6.03 Å². The maximum atomic E-state index is 13.4. The third kappa shape index (κ3) is 3.37. The molecule has 1 saturated heterocycles. The van der Waals surface area contributed by atoms with E-state index in [9.17, 15) is 14.4 Å². The second-order valence-corrected chi connectivity index (χ2v) is 7.84. The first-order chi connectivity index (χ1) is 15.6. The predicted molar refractivity (Wildman–Crippen MR) is 118 cm³/mol. The number of ether oxygens (including phenoxy) is 1. The van der Waals surface area contributed by atoms with Crippen LogP contribution in [0, 0.1) is 0 Å². The van der Waals surface area contributed by atoms with Crippen LogP contribution in [0.15, 0.2) is 78.9 Å². The number of urea groups is 1. The highest BCUT2D eigenvalue weighted by Gasteiger charge is 2.54. The highest BCUT2D eigenvalue weighted by atomic mass is 16.5. The number of hydrogen-bond acceptors (Lipinski definition) is 4. The van der Waals surface area contributed by atoms with Gasteiger partial charge in [-0.1, -0.05) is 48.5 Å². The first-order valence-electron chi connectivity index (χ1n) is 10.4. The SMILES string of the molecule is O=C(Nc1ccccc1)c1cccc(CN2C(=O)N[C@@]3(CCOc4ccccc43)C2=O)c1. The van der Waals surface area contributed by atoms with Crippen molar-refractivity contribution in [3.63, 3.8) is 0 Å². The molecule has 7 nitrogen and oxygen atoms in total. The number of nitrogens with zero attached hydrogens (tertiary/aromatic N) is 1. The quantitative estimate of drug-likeness (QED) is 0.622. The van der Waals surface area contributed by atoms with Crippen LogP contribution in [0.5, 0.6) is 5.75 Å². The molecule has 160 valence electrons. The molecule has 1 atom stereocenters. The van der Waals surface area contributed by atoms with Crippen molar-refractivity contribution in [3.05, 3.63) is 95.6 Å². The van der Waals surface area contributed by atoms with Crippen LogP contribution >= 0.6 is 0 Å². The fraction of sp³-hybridized carbons (Fsp3) is 0.160. The van der Waals surface area contributed by atoms with E-state index in [1.54, 1.807) is 42.5 Å². The molecule has 0 aliphatic carbocycles. The molecule has 1 spiro atoms. The van der Waals surface area contributed by atoms with E-state index in [1.807, 2.05) is 36.4 Å². The third-order valence-corrected chi connectivity index (χ3v) is 5.82. The molecular weight excluding hydrogens is 406 g/mol. The number of fused-ring (bicyclic) bond motifs is 2. The summed E-state index contributed by atoms with van der Waals surface area (Å²) in [5.41, 5.74) is 1.38. The molecule has 2 heterocycles. The topological polar surface area (TPSA) is 87.7 Å². The van der Waals surface area contributed by atoms with Crippen molar-refractivity contribution < 1.29 is 19.1 Å². The maximum Gasteiger partial charge on any atom is 0.325 e. The summed E-state index contributed by atoms with van der Waals surface area (Å²) in [7, 11) is 0. The van der Waals surface area contributed by atoms with E-state index in [2.05, 4.69) is 10.6 Å². The molecule has 3 aromatic rings. The van der Waals surface area contributed by atoms with Gasteiger partial charge in [-0.15, -0.1) is 0 Å². The fourth-order valence-corrected chi connectivity index (χ4v) is 4.23. The van der Waals surface area contributed by atoms with Gasteiger partial charge in [0.25, 0.3) is 11.8 Å². The minimum atomic E-state index is -1.12. The summed E-state index contributed by atoms with van der Waals surface area (Å²) in [6, 6.07) is 22.9. The van der Waals surface area contributed by atoms with E-state index in [4.69, 9.17) is 4.74 Å². The number of nitrogens with one attached hydrogen (secondary N) is 2. The molecule has 1 fully saturated rings. The molecule has 0 bridgehead atoms. The van der Waals surface area contributed by atoms with Crippen molar-refractivity contribution >= 4 is 23.5 Å². The predicted octanol–water partition coefficient (Wildman–Crippen LogP) is 3.67. The van der Waals surface area contributed by atoms with Gasteiger partial charge in [0.15, 0.2) is 5.54 Å². The van der Waals surface area contributed by atoms with Gasteiger partial charge in [-0.05, 0) is 35.9 Å². The zero-order valence-electron chi connectivity index (χ0n) is 17.2. The Morgan fingerprint density at radius 1 is 1.00 bits per heavy atom. The average molecular weight is 427 g/mol. The van der Waals surface area contributed by atoms with E-state index in [0.29, 0.717) is 41.2 Å². The van der Waals surface area contributed by atoms with Gasteiger partial charge < -0.3 is 15.4 Å². The molecule has 0 radical (unpaired) electrons. The van der Waals surface area contributed by atoms with Crippen LogP contribution in [0.25, 0.3) is 0 Å². The van der Waals surface area contributed by atoms with Crippen LogP contribution in [-0.2, 0) is 16.9 Å². The maximum absolute atomic E-state index is 13.4. The molecule has 5 rings (SSSR count). The van der Waals surface area contributed by atoms with E-state index in [1.165, 1.54) is 4.90 Å². The van der Waals surface area contributed by atoms with Crippen LogP contribution in [0.1, 0.15) is 27.9 Å². The summed E-state index contributed by atoms with van der Waals surface area (Å²) in [6.07, 6.45) is 0.366. The molecule has 2 aliphatic heterocycles. The molecular formula is C25H21N3O4. The highest BCUT2D eigenvalue weighted by Crippen LogP contribution is 2.41. The standard InChI is InChI=1S/C25H21N3O4/c29-22(26-19-9-2-1-3-10-19)18-8-6-7-17(15-18)16-28-23(30)25(27-24(28)31)13-14-32-21-12-5-4-11-20(21)25/h1-12,15H,13-14,16H2,(H,26,29)(H,27,31)/t25-/m1/s1. The smallest absolute Gasteiger partial charge is 0.325 e. The largest absolute Gasteiger partial charge is 0.493 e. The molecule has 32 heavy (non-hydrogen) atoms. The molecule has 0 aromatic heterocycles. The zero-order chi connectivity index (χ0) is 22.1. The number of para-hydroxylation sites is 2. The van der Waals surface area contributed by atoms with Crippen LogP contribution in [0.3, 0.4) is 0 Å². The Bertz CT molecular complexity index is 1210. The molecule has 0 unspecified atom stereocenters. The van der Waals surface area contributed by atoms with Crippen LogP contribution < -0.4 is 15.4 Å². The van der Waals surface area contributed by atoms with Crippen molar-refractivity contribution in [2.75, 3.05) is 11.9 Å². The number of amides is 4. The summed E-state index contributed by atoms with van der Waals surface area (Å²) < 4.78 is 5.67. The number of rotatable bonds is 4. The lowest BCUT2D eigenvalue weighted by atomic mass is 9.84. The Morgan fingerprint density at radius 2 is 1.78 bits per heavy atom. The lowest BCUT2D eigenvalue weighted by Gasteiger charge is -2.33. The van der Waals surface area contributed by atoms with Crippen LogP contribution in [0.2, 0.25) is 0 Å². The van der Waals surface area contributed by atoms with Gasteiger partial charge in [0.2, 0.25) is 0 Å². The van der Waals surface area contributed by atoms with E-state index < -0.39 is 11.6 Å². The van der Waals surface area contributed by atoms with Gasteiger partial charge in [0, 0.05) is 23.2 Å². The zero-order valence-corrected chi connectivity index (χ0v) is 17.2. The monoisotopic (exact) mass is 427 g/mol. The van der Waals surface area contributed by atoms with Gasteiger partial charge in [-0.3, -0.25) is 14.5 Å². The number of benzene rings is 3. The van der Waals surface area contributed by atoms with E-state index in [-0.39, 0.29) is 18.4 Å². The van der Waals surface area contributed by atoms with Gasteiger partial charge in [-0.2, -0.15) is 0 Å². The Labute approximate surface area is 185 Å². The second-order valence-electron chi connectivity index (χ2n) is 7.84. The molecule has 0 saturated carbocycles. The molecule has 2 aliphatic rings. The van der Waals surface area contributed by atoms with Gasteiger partial charge in [0.1, 0.15) is 5.75 Å². The number of carbonyl (C=O) groups excluding carboxylic acids is 3. The Balaban J connectivity index is 1.37. The van der Waals surface area contributed by atoms with E-state index >= 15 is 0 Å². The first-order valence-corrected chi connectivity index (χ1v) is 10.4. The third-order valence-electron chi connectivity index (χ3n) is 5.82. The first kappa shape index (κ1) is 19.8. The van der Waals surface area contributed by atoms with Crippen molar-refractivity contribution in [2.45, 2.75) is 18.5 Å². The van der Waals surface area contributed by atoms with Gasteiger partial charge in [0.05, 0.1) is 13.2 Å². The average Bonchev–Trinajstić information content (AvgIpc) is 3.05. The summed E-state index contributed by atoms with van der Waals surface area (Å²) in [5.74, 6) is 0.0382. The molecule has 4 amide bonds. The Hall–Kier alpha value is -4.13. The number of imide groups is 1. The highest BCUT2D eigenvalue weighted by molar-refractivity contribution is 6.08.